The first-order chi connectivity index (χ1) is 45.1. The van der Waals surface area contributed by atoms with Crippen LogP contribution in [0.15, 0.2) is 292 Å². The molecule has 422 valence electrons. The van der Waals surface area contributed by atoms with Crippen molar-refractivity contribution < 1.29 is 13.3 Å². The Balaban J connectivity index is 1.00. The van der Waals surface area contributed by atoms with Crippen LogP contribution >= 0.6 is 0 Å². The lowest BCUT2D eigenvalue weighted by molar-refractivity contribution is 0.669. The third-order valence-corrected chi connectivity index (χ3v) is 18.2. The van der Waals surface area contributed by atoms with E-state index in [9.17, 15) is 6.57 Å². The summed E-state index contributed by atoms with van der Waals surface area (Å²) in [5.74, 6) is 1.28. The summed E-state index contributed by atoms with van der Waals surface area (Å²) in [4.78, 5) is 21.1. The summed E-state index contributed by atoms with van der Waals surface area (Å²) in [5.41, 5.74) is 18.1. The number of para-hydroxylation sites is 3. The van der Waals surface area contributed by atoms with E-state index in [1.165, 1.54) is 0 Å². The second-order valence-corrected chi connectivity index (χ2v) is 23.2. The highest BCUT2D eigenvalue weighted by atomic mass is 16.3. The van der Waals surface area contributed by atoms with Gasteiger partial charge in [0.25, 0.3) is 0 Å². The molecule has 0 amide bonds. The van der Waals surface area contributed by atoms with Gasteiger partial charge >= 0.3 is 0 Å². The van der Waals surface area contributed by atoms with Crippen LogP contribution in [0.4, 0.5) is 5.69 Å². The third kappa shape index (κ3) is 7.67. The molecule has 0 unspecified atom stereocenters. The van der Waals surface area contributed by atoms with Gasteiger partial charge in [-0.15, -0.1) is 0 Å². The van der Waals surface area contributed by atoms with Gasteiger partial charge in [0.05, 0.1) is 50.8 Å². The lowest BCUT2D eigenvalue weighted by atomic mass is 9.94. The third-order valence-electron chi connectivity index (χ3n) is 18.2. The molecule has 0 saturated carbocycles. The molecule has 19 rings (SSSR count). The van der Waals surface area contributed by atoms with Gasteiger partial charge in [-0.3, -0.25) is 0 Å². The smallest absolute Gasteiger partial charge is 0.212 e. The van der Waals surface area contributed by atoms with Crippen LogP contribution in [-0.4, -0.2) is 24.1 Å². The fourth-order valence-electron chi connectivity index (χ4n) is 14.1. The second kappa shape index (κ2) is 19.7. The van der Waals surface area contributed by atoms with E-state index >= 15 is 0 Å². The summed E-state index contributed by atoms with van der Waals surface area (Å²) >= 11 is 0. The van der Waals surface area contributed by atoms with E-state index in [0.717, 1.165) is 154 Å². The predicted octanol–water partition coefficient (Wildman–Crippen LogP) is 22.3. The fourth-order valence-corrected chi connectivity index (χ4v) is 14.1. The summed E-state index contributed by atoms with van der Waals surface area (Å²) in [6.45, 7) is 9.61. The van der Waals surface area contributed by atoms with Crippen molar-refractivity contribution in [2.45, 2.75) is 0 Å². The van der Waals surface area contributed by atoms with Gasteiger partial charge in [-0.2, -0.15) is 0 Å². The molecule has 0 aliphatic carbocycles. The number of hydrogen-bond donors (Lipinski definition) is 0. The van der Waals surface area contributed by atoms with E-state index in [0.29, 0.717) is 40.0 Å². The monoisotopic (exact) mass is 1160 g/mol. The highest BCUT2D eigenvalue weighted by molar-refractivity contribution is 6.27. The molecule has 0 N–H and O–H groups in total. The topological polar surface area (TPSA) is 92.3 Å². The average Bonchev–Trinajstić information content (AvgIpc) is 1.58. The largest absolute Gasteiger partial charge is 0.456 e. The first-order valence-electron chi connectivity index (χ1n) is 30.3. The highest BCUT2D eigenvalue weighted by Gasteiger charge is 2.32. The van der Waals surface area contributed by atoms with E-state index in [4.69, 9.17) is 28.2 Å². The summed E-state index contributed by atoms with van der Waals surface area (Å²) in [6, 6.07) is 96.5. The van der Waals surface area contributed by atoms with Crippen molar-refractivity contribution in [3.05, 3.63) is 290 Å². The minimum absolute atomic E-state index is 0.372. The van der Waals surface area contributed by atoms with Crippen molar-refractivity contribution in [1.82, 2.24) is 24.1 Å². The molecular weight excluding hydrogens is 1120 g/mol. The first-order valence-corrected chi connectivity index (χ1v) is 30.3. The lowest BCUT2D eigenvalue weighted by Crippen LogP contribution is -2.08. The molecule has 0 atom stereocenters. The highest BCUT2D eigenvalue weighted by Crippen LogP contribution is 2.52. The van der Waals surface area contributed by atoms with Crippen molar-refractivity contribution in [3.8, 4) is 78.9 Å². The van der Waals surface area contributed by atoms with Gasteiger partial charge in [-0.25, -0.2) is 19.8 Å². The molecule has 6 aromatic heterocycles. The Morgan fingerprint density at radius 2 is 0.692 bits per heavy atom. The van der Waals surface area contributed by atoms with Gasteiger partial charge < -0.3 is 22.4 Å². The zero-order chi connectivity index (χ0) is 59.8. The molecule has 9 nitrogen and oxygen atoms in total. The van der Waals surface area contributed by atoms with E-state index in [2.05, 4.69) is 196 Å². The Kier molecular flexibility index (Phi) is 10.9. The Morgan fingerprint density at radius 3 is 1.23 bits per heavy atom. The van der Waals surface area contributed by atoms with Gasteiger partial charge in [-0.05, 0) is 113 Å². The van der Waals surface area contributed by atoms with Crippen LogP contribution in [0.1, 0.15) is 0 Å². The van der Waals surface area contributed by atoms with Crippen molar-refractivity contribution in [1.29, 1.82) is 0 Å². The van der Waals surface area contributed by atoms with Crippen molar-refractivity contribution in [2.75, 3.05) is 0 Å². The quantitative estimate of drug-likeness (QED) is 0.141. The number of rotatable bonds is 8. The van der Waals surface area contributed by atoms with E-state index < -0.39 is 0 Å². The SMILES string of the molecule is [C-]#[N+]c1cc(-c2nc(-c3ccccc3)nc(-c3ccc4c(c3)oc3ccccc34)n2)c(-n2c3ccc(-c4ccccc4)cc3c3c4oc5ccccc5c4ccc32)c(-c2ccccc2)c1-n1c2ccc(-c3ccccc3)cc2c2c3oc4ccccc4c3ccc21. The molecule has 19 aromatic rings. The van der Waals surface area contributed by atoms with Gasteiger partial charge in [-0.1, -0.05) is 194 Å². The number of hydrogen-bond acceptors (Lipinski definition) is 6. The van der Waals surface area contributed by atoms with Crippen LogP contribution in [0.2, 0.25) is 0 Å². The molecule has 13 aromatic carbocycles. The minimum Gasteiger partial charge on any atom is -0.456 e. The van der Waals surface area contributed by atoms with E-state index in [1.807, 2.05) is 97.1 Å². The number of aromatic nitrogens is 5. The normalized spacial score (nSPS) is 11.9. The molecule has 0 spiro atoms. The zero-order valence-corrected chi connectivity index (χ0v) is 48.5. The number of furan rings is 3. The molecule has 0 radical (unpaired) electrons. The van der Waals surface area contributed by atoms with Crippen LogP contribution in [0.25, 0.3) is 193 Å². The molecule has 9 heteroatoms. The lowest BCUT2D eigenvalue weighted by Gasteiger charge is -2.24. The average molecular weight is 1160 g/mol. The summed E-state index contributed by atoms with van der Waals surface area (Å²) < 4.78 is 25.3. The van der Waals surface area contributed by atoms with Gasteiger partial charge in [0.2, 0.25) is 5.69 Å². The number of nitrogens with zero attached hydrogens (tertiary/aromatic N) is 6. The Bertz CT molecular complexity index is 6270. The van der Waals surface area contributed by atoms with Gasteiger partial charge in [0.1, 0.15) is 33.5 Å². The Labute approximate surface area is 519 Å². The maximum absolute atomic E-state index is 9.61. The van der Waals surface area contributed by atoms with Crippen molar-refractivity contribution in [2.24, 2.45) is 0 Å². The molecular formula is C82H46N6O3. The molecule has 91 heavy (non-hydrogen) atoms. The molecule has 6 heterocycles. The second-order valence-electron chi connectivity index (χ2n) is 23.2. The first kappa shape index (κ1) is 50.5. The zero-order valence-electron chi connectivity index (χ0n) is 48.5. The van der Waals surface area contributed by atoms with Gasteiger partial charge in [0.15, 0.2) is 17.5 Å². The standard InChI is InChI=1S/C82H46N6O3/c1-83-64-47-63(82-85-80(51-26-12-5-13-27-51)84-81(86-82)54-34-37-58-55-28-14-17-31-69(55)89-72(58)46-54)76(87-65-40-35-52(48-20-6-2-7-21-48)44-61(65)74-67(87)42-38-59-56-29-15-18-32-70(56)90-78(59)74)73(50-24-10-4-11-25-50)77(64)88-66-41-36-53(49-22-8-3-9-23-49)45-62(66)75-68(88)43-39-60-57-30-16-19-33-71(57)91-79(60)75/h2-47H. The molecule has 0 fully saturated rings. The Morgan fingerprint density at radius 1 is 0.286 bits per heavy atom. The molecule has 0 aliphatic heterocycles. The molecule has 0 aliphatic rings. The maximum Gasteiger partial charge on any atom is 0.212 e. The van der Waals surface area contributed by atoms with E-state index in [1.54, 1.807) is 0 Å². The predicted molar refractivity (Wildman–Crippen MR) is 369 cm³/mol. The minimum atomic E-state index is 0.372. The Hall–Kier alpha value is -12.6. The van der Waals surface area contributed by atoms with Crippen molar-refractivity contribution in [3.63, 3.8) is 0 Å². The van der Waals surface area contributed by atoms with E-state index in [-0.39, 0.29) is 0 Å². The summed E-state index contributed by atoms with van der Waals surface area (Å²) in [7, 11) is 0. The number of benzene rings is 13. The maximum atomic E-state index is 9.61. The summed E-state index contributed by atoms with van der Waals surface area (Å²) in [6.07, 6.45) is 0. The van der Waals surface area contributed by atoms with Crippen LogP contribution in [0.5, 0.6) is 0 Å². The van der Waals surface area contributed by atoms with Crippen LogP contribution < -0.4 is 0 Å². The molecule has 0 saturated heterocycles. The summed E-state index contributed by atoms with van der Waals surface area (Å²) in [5, 5.41) is 9.95. The van der Waals surface area contributed by atoms with Crippen molar-refractivity contribution >= 4 is 115 Å². The number of fused-ring (bicyclic) bond motifs is 17. The van der Waals surface area contributed by atoms with Crippen LogP contribution in [0.3, 0.4) is 0 Å². The van der Waals surface area contributed by atoms with Crippen LogP contribution in [-0.2, 0) is 0 Å². The molecule has 0 bridgehead atoms. The van der Waals surface area contributed by atoms with Crippen LogP contribution in [0, 0.1) is 6.57 Å². The van der Waals surface area contributed by atoms with Gasteiger partial charge in [0, 0.05) is 65.3 Å². The fraction of sp³-hybridized carbons (Fsp3) is 0.